The predicted molar refractivity (Wildman–Crippen MR) is 103 cm³/mol. The van der Waals surface area contributed by atoms with E-state index in [1.54, 1.807) is 23.1 Å². The molecule has 8 nitrogen and oxygen atoms in total. The molecule has 0 aromatic heterocycles. The van der Waals surface area contributed by atoms with Crippen molar-refractivity contribution in [3.8, 4) is 11.5 Å². The number of amides is 1. The van der Waals surface area contributed by atoms with Crippen LogP contribution in [0.5, 0.6) is 11.5 Å². The fourth-order valence-electron chi connectivity index (χ4n) is 3.54. The van der Waals surface area contributed by atoms with Crippen LogP contribution in [-0.4, -0.2) is 54.1 Å². The molecule has 0 saturated carbocycles. The molecule has 4 rings (SSSR count). The molecule has 0 bridgehead atoms. The minimum Gasteiger partial charge on any atom is -0.482 e. The number of para-hydroxylation sites is 2. The molecule has 2 aliphatic rings. The summed E-state index contributed by atoms with van der Waals surface area (Å²) in [5, 5.41) is 10.8. The zero-order valence-electron chi connectivity index (χ0n) is 15.5. The van der Waals surface area contributed by atoms with Crippen molar-refractivity contribution < 1.29 is 19.2 Å². The Labute approximate surface area is 162 Å². The lowest BCUT2D eigenvalue weighted by molar-refractivity contribution is -0.384. The number of fused-ring (bicyclic) bond motifs is 1. The zero-order valence-corrected chi connectivity index (χ0v) is 15.5. The number of nitro benzene ring substituents is 1. The highest BCUT2D eigenvalue weighted by atomic mass is 16.6. The Morgan fingerprint density at radius 2 is 1.61 bits per heavy atom. The maximum atomic E-state index is 13.0. The molecule has 0 aliphatic carbocycles. The summed E-state index contributed by atoms with van der Waals surface area (Å²) in [6, 6.07) is 13.8. The molecular weight excluding hydrogens is 362 g/mol. The van der Waals surface area contributed by atoms with Gasteiger partial charge in [-0.2, -0.15) is 0 Å². The molecule has 1 fully saturated rings. The zero-order chi connectivity index (χ0) is 19.7. The number of hydrogen-bond donors (Lipinski definition) is 0. The number of hydrogen-bond acceptors (Lipinski definition) is 6. The van der Waals surface area contributed by atoms with Gasteiger partial charge in [0.2, 0.25) is 6.10 Å². The standard InChI is InChI=1S/C20H21N3O5/c1-14-19(28-18-5-3-2-4-17(18)27-14)20(24)22-12-10-21(11-13-22)15-6-8-16(9-7-15)23(25)26/h2-9,14,19H,10-13H2,1H3. The number of non-ortho nitro benzene ring substituents is 1. The Kier molecular flexibility index (Phi) is 4.77. The van der Waals surface area contributed by atoms with Gasteiger partial charge in [-0.25, -0.2) is 0 Å². The second-order valence-electron chi connectivity index (χ2n) is 6.89. The summed E-state index contributed by atoms with van der Waals surface area (Å²) in [6.45, 7) is 4.27. The minimum atomic E-state index is -0.666. The summed E-state index contributed by atoms with van der Waals surface area (Å²) in [5.74, 6) is 1.16. The van der Waals surface area contributed by atoms with Crippen LogP contribution < -0.4 is 14.4 Å². The van der Waals surface area contributed by atoms with Crippen molar-refractivity contribution in [3.63, 3.8) is 0 Å². The third-order valence-electron chi connectivity index (χ3n) is 5.10. The average Bonchev–Trinajstić information content (AvgIpc) is 2.73. The lowest BCUT2D eigenvalue weighted by Gasteiger charge is -2.39. The van der Waals surface area contributed by atoms with Crippen LogP contribution in [0.4, 0.5) is 11.4 Å². The maximum Gasteiger partial charge on any atom is 0.269 e. The Morgan fingerprint density at radius 3 is 2.21 bits per heavy atom. The fraction of sp³-hybridized carbons (Fsp3) is 0.350. The lowest BCUT2D eigenvalue weighted by Crippen LogP contribution is -2.56. The highest BCUT2D eigenvalue weighted by Gasteiger charge is 2.37. The molecule has 2 aliphatic heterocycles. The van der Waals surface area contributed by atoms with Crippen LogP contribution in [0.3, 0.4) is 0 Å². The quantitative estimate of drug-likeness (QED) is 0.598. The van der Waals surface area contributed by atoms with Crippen molar-refractivity contribution in [2.24, 2.45) is 0 Å². The fourth-order valence-corrected chi connectivity index (χ4v) is 3.54. The van der Waals surface area contributed by atoms with Gasteiger partial charge in [0.15, 0.2) is 11.5 Å². The van der Waals surface area contributed by atoms with Crippen LogP contribution in [0.2, 0.25) is 0 Å². The number of carbonyl (C=O) groups is 1. The van der Waals surface area contributed by atoms with Crippen LogP contribution in [0.15, 0.2) is 48.5 Å². The van der Waals surface area contributed by atoms with Gasteiger partial charge in [-0.15, -0.1) is 0 Å². The average molecular weight is 383 g/mol. The number of nitrogens with zero attached hydrogens (tertiary/aromatic N) is 3. The van der Waals surface area contributed by atoms with Gasteiger partial charge >= 0.3 is 0 Å². The van der Waals surface area contributed by atoms with Crippen LogP contribution in [0.1, 0.15) is 6.92 Å². The Bertz CT molecular complexity index is 878. The molecule has 146 valence electrons. The third-order valence-corrected chi connectivity index (χ3v) is 5.10. The van der Waals surface area contributed by atoms with E-state index < -0.39 is 11.0 Å². The van der Waals surface area contributed by atoms with E-state index in [-0.39, 0.29) is 17.7 Å². The summed E-state index contributed by atoms with van der Waals surface area (Å²) in [6.07, 6.45) is -1.03. The number of carbonyl (C=O) groups excluding carboxylic acids is 1. The van der Waals surface area contributed by atoms with Crippen molar-refractivity contribution in [3.05, 3.63) is 58.6 Å². The van der Waals surface area contributed by atoms with Crippen LogP contribution in [0.25, 0.3) is 0 Å². The molecule has 2 atom stereocenters. The van der Waals surface area contributed by atoms with Gasteiger partial charge in [0.1, 0.15) is 6.10 Å². The Balaban J connectivity index is 1.38. The largest absolute Gasteiger partial charge is 0.482 e. The normalized spacial score (nSPS) is 21.3. The monoisotopic (exact) mass is 383 g/mol. The molecule has 2 heterocycles. The molecule has 0 spiro atoms. The molecule has 2 aromatic carbocycles. The molecule has 2 unspecified atom stereocenters. The van der Waals surface area contributed by atoms with Crippen LogP contribution >= 0.6 is 0 Å². The number of nitro groups is 1. The van der Waals surface area contributed by atoms with Gasteiger partial charge in [-0.1, -0.05) is 12.1 Å². The molecule has 0 N–H and O–H groups in total. The number of rotatable bonds is 3. The summed E-state index contributed by atoms with van der Waals surface area (Å²) < 4.78 is 11.8. The van der Waals surface area contributed by atoms with E-state index in [9.17, 15) is 14.9 Å². The van der Waals surface area contributed by atoms with E-state index in [1.807, 2.05) is 25.1 Å². The molecule has 2 aromatic rings. The number of anilines is 1. The first-order valence-corrected chi connectivity index (χ1v) is 9.23. The summed E-state index contributed by atoms with van der Waals surface area (Å²) >= 11 is 0. The smallest absolute Gasteiger partial charge is 0.269 e. The highest BCUT2D eigenvalue weighted by Crippen LogP contribution is 2.34. The number of piperazine rings is 1. The molecule has 0 radical (unpaired) electrons. The second kappa shape index (κ2) is 7.38. The topological polar surface area (TPSA) is 85.2 Å². The van der Waals surface area contributed by atoms with Crippen molar-refractivity contribution in [1.82, 2.24) is 4.90 Å². The van der Waals surface area contributed by atoms with Crippen LogP contribution in [-0.2, 0) is 4.79 Å². The summed E-state index contributed by atoms with van der Waals surface area (Å²) in [5.41, 5.74) is 0.985. The van der Waals surface area contributed by atoms with Crippen molar-refractivity contribution in [2.75, 3.05) is 31.1 Å². The van der Waals surface area contributed by atoms with E-state index in [2.05, 4.69) is 4.90 Å². The molecular formula is C20H21N3O5. The van der Waals surface area contributed by atoms with E-state index in [4.69, 9.17) is 9.47 Å². The van der Waals surface area contributed by atoms with Crippen molar-refractivity contribution in [2.45, 2.75) is 19.1 Å². The minimum absolute atomic E-state index is 0.0706. The van der Waals surface area contributed by atoms with Gasteiger partial charge in [0.25, 0.3) is 11.6 Å². The van der Waals surface area contributed by atoms with Gasteiger partial charge in [0, 0.05) is 44.0 Å². The van der Waals surface area contributed by atoms with Crippen molar-refractivity contribution >= 4 is 17.3 Å². The first kappa shape index (κ1) is 18.1. The van der Waals surface area contributed by atoms with E-state index in [0.717, 1.165) is 5.69 Å². The SMILES string of the molecule is CC1Oc2ccccc2OC1C(=O)N1CCN(c2ccc([N+](=O)[O-])cc2)CC1. The maximum absolute atomic E-state index is 13.0. The predicted octanol–water partition coefficient (Wildman–Crippen LogP) is 2.47. The second-order valence-corrected chi connectivity index (χ2v) is 6.89. The van der Waals surface area contributed by atoms with E-state index >= 15 is 0 Å². The number of benzene rings is 2. The lowest BCUT2D eigenvalue weighted by atomic mass is 10.1. The van der Waals surface area contributed by atoms with E-state index in [0.29, 0.717) is 37.7 Å². The van der Waals surface area contributed by atoms with E-state index in [1.165, 1.54) is 12.1 Å². The first-order chi connectivity index (χ1) is 13.5. The van der Waals surface area contributed by atoms with Gasteiger partial charge < -0.3 is 19.3 Å². The van der Waals surface area contributed by atoms with Gasteiger partial charge in [0.05, 0.1) is 4.92 Å². The van der Waals surface area contributed by atoms with Crippen LogP contribution in [0, 0.1) is 10.1 Å². The van der Waals surface area contributed by atoms with Gasteiger partial charge in [-0.3, -0.25) is 14.9 Å². The number of ether oxygens (including phenoxy) is 2. The third kappa shape index (κ3) is 3.45. The highest BCUT2D eigenvalue weighted by molar-refractivity contribution is 5.82. The van der Waals surface area contributed by atoms with Gasteiger partial charge in [-0.05, 0) is 31.2 Å². The first-order valence-electron chi connectivity index (χ1n) is 9.23. The summed E-state index contributed by atoms with van der Waals surface area (Å²) in [4.78, 5) is 27.2. The Morgan fingerprint density at radius 1 is 1.00 bits per heavy atom. The molecule has 1 amide bonds. The molecule has 8 heteroatoms. The Hall–Kier alpha value is -3.29. The molecule has 1 saturated heterocycles. The molecule has 28 heavy (non-hydrogen) atoms. The van der Waals surface area contributed by atoms with Crippen molar-refractivity contribution in [1.29, 1.82) is 0 Å². The summed E-state index contributed by atoms with van der Waals surface area (Å²) in [7, 11) is 0.